The first kappa shape index (κ1) is 24.8. The fraction of sp³-hybridized carbons (Fsp3) is 0.375. The number of benzene rings is 1. The zero-order valence-electron chi connectivity index (χ0n) is 19.7. The van der Waals surface area contributed by atoms with Crippen molar-refractivity contribution >= 4 is 27.6 Å². The molecule has 0 amide bonds. The van der Waals surface area contributed by atoms with Crippen LogP contribution >= 0.6 is 0 Å². The van der Waals surface area contributed by atoms with Gasteiger partial charge in [-0.05, 0) is 57.4 Å². The number of nitrogens with zero attached hydrogens (tertiary/aromatic N) is 3. The van der Waals surface area contributed by atoms with E-state index >= 15 is 0 Å². The van der Waals surface area contributed by atoms with Gasteiger partial charge in [-0.2, -0.15) is 9.40 Å². The summed E-state index contributed by atoms with van der Waals surface area (Å²) in [5, 5.41) is 20.0. The number of anilines is 2. The van der Waals surface area contributed by atoms with E-state index in [9.17, 15) is 22.7 Å². The van der Waals surface area contributed by atoms with Crippen LogP contribution in [-0.2, 0) is 21.2 Å². The van der Waals surface area contributed by atoms with E-state index in [0.717, 1.165) is 5.69 Å². The van der Waals surface area contributed by atoms with Gasteiger partial charge in [0.15, 0.2) is 5.82 Å². The summed E-state index contributed by atoms with van der Waals surface area (Å²) in [4.78, 5) is 17.0. The van der Waals surface area contributed by atoms with E-state index in [0.29, 0.717) is 17.2 Å². The van der Waals surface area contributed by atoms with E-state index in [1.165, 1.54) is 16.4 Å². The topological polar surface area (TPSA) is 128 Å². The summed E-state index contributed by atoms with van der Waals surface area (Å²) in [6.07, 6.45) is -0.0915. The van der Waals surface area contributed by atoms with Gasteiger partial charge >= 0.3 is 5.97 Å². The van der Waals surface area contributed by atoms with Crippen molar-refractivity contribution in [2.75, 3.05) is 11.9 Å². The van der Waals surface area contributed by atoms with E-state index in [-0.39, 0.29) is 36.4 Å². The fourth-order valence-corrected chi connectivity index (χ4v) is 6.54. The quantitative estimate of drug-likeness (QED) is 0.449. The molecule has 4 rings (SSSR count). The van der Waals surface area contributed by atoms with Crippen molar-refractivity contribution in [3.8, 4) is 0 Å². The highest BCUT2D eigenvalue weighted by atomic mass is 32.2. The van der Waals surface area contributed by atoms with Crippen molar-refractivity contribution in [1.82, 2.24) is 19.5 Å². The summed E-state index contributed by atoms with van der Waals surface area (Å²) in [5.41, 5.74) is 0.109. The van der Waals surface area contributed by atoms with Crippen molar-refractivity contribution in [3.05, 3.63) is 65.2 Å². The average Bonchev–Trinajstić information content (AvgIpc) is 3.20. The highest BCUT2D eigenvalue weighted by molar-refractivity contribution is 7.89. The predicted molar refractivity (Wildman–Crippen MR) is 128 cm³/mol. The van der Waals surface area contributed by atoms with Crippen molar-refractivity contribution in [3.63, 3.8) is 0 Å². The Kier molecular flexibility index (Phi) is 6.65. The highest BCUT2D eigenvalue weighted by Crippen LogP contribution is 2.41. The lowest BCUT2D eigenvalue weighted by molar-refractivity contribution is -0.152. The van der Waals surface area contributed by atoms with Crippen LogP contribution in [0.3, 0.4) is 0 Å². The molecule has 2 atom stereocenters. The molecule has 0 spiro atoms. The lowest BCUT2D eigenvalue weighted by Crippen LogP contribution is -2.52. The van der Waals surface area contributed by atoms with Crippen molar-refractivity contribution in [2.24, 2.45) is 5.41 Å². The monoisotopic (exact) mass is 501 g/mol. The Hall–Kier alpha value is -3.31. The second-order valence-electron chi connectivity index (χ2n) is 9.13. The molecule has 3 heterocycles. The van der Waals surface area contributed by atoms with Gasteiger partial charge in [-0.3, -0.25) is 9.89 Å². The van der Waals surface area contributed by atoms with Crippen molar-refractivity contribution in [2.45, 2.75) is 51.0 Å². The minimum Gasteiger partial charge on any atom is -0.481 e. The van der Waals surface area contributed by atoms with Crippen LogP contribution < -0.4 is 5.32 Å². The van der Waals surface area contributed by atoms with E-state index in [1.807, 2.05) is 6.92 Å². The van der Waals surface area contributed by atoms with Crippen LogP contribution in [-0.4, -0.2) is 51.6 Å². The maximum absolute atomic E-state index is 14.7. The van der Waals surface area contributed by atoms with Gasteiger partial charge in [0.2, 0.25) is 10.0 Å². The molecule has 3 N–H and O–H groups in total. The van der Waals surface area contributed by atoms with Crippen molar-refractivity contribution < 1.29 is 22.7 Å². The first-order valence-electron chi connectivity index (χ1n) is 11.3. The number of piperidine rings is 1. The van der Waals surface area contributed by atoms with Crippen molar-refractivity contribution in [1.29, 1.82) is 0 Å². The molecule has 186 valence electrons. The summed E-state index contributed by atoms with van der Waals surface area (Å²) in [5.74, 6) is -0.873. The second-order valence-corrected chi connectivity index (χ2v) is 11.0. The number of pyridine rings is 1. The number of nitrogens with one attached hydrogen (secondary N) is 2. The molecule has 11 heteroatoms. The molecular weight excluding hydrogens is 473 g/mol. The Morgan fingerprint density at radius 1 is 1.26 bits per heavy atom. The summed E-state index contributed by atoms with van der Waals surface area (Å²) in [6.45, 7) is 5.26. The number of aromatic nitrogens is 3. The van der Waals surface area contributed by atoms with Gasteiger partial charge in [0.1, 0.15) is 11.6 Å². The number of hydrogen-bond donors (Lipinski definition) is 3. The minimum atomic E-state index is -3.81. The highest BCUT2D eigenvalue weighted by Gasteiger charge is 2.48. The minimum absolute atomic E-state index is 0.00655. The van der Waals surface area contributed by atoms with Gasteiger partial charge in [-0.25, -0.2) is 17.8 Å². The number of aliphatic carboxylic acids is 1. The van der Waals surface area contributed by atoms with Crippen LogP contribution in [0.4, 0.5) is 16.0 Å². The predicted octanol–water partition coefficient (Wildman–Crippen LogP) is 3.79. The van der Waals surface area contributed by atoms with E-state index < -0.39 is 33.3 Å². The number of hydrogen-bond acceptors (Lipinski definition) is 6. The van der Waals surface area contributed by atoms with Crippen LogP contribution in [0.25, 0.3) is 0 Å². The van der Waals surface area contributed by atoms with E-state index in [2.05, 4.69) is 20.5 Å². The normalized spacial score (nSPS) is 21.1. The Balaban J connectivity index is 1.58. The van der Waals surface area contributed by atoms with E-state index in [4.69, 9.17) is 0 Å². The maximum atomic E-state index is 14.7. The molecule has 0 bridgehead atoms. The number of carboxylic acids is 1. The molecular formula is C24H28FN5O4S. The molecule has 1 saturated heterocycles. The average molecular weight is 502 g/mol. The van der Waals surface area contributed by atoms with E-state index in [1.54, 1.807) is 44.2 Å². The third-order valence-electron chi connectivity index (χ3n) is 6.51. The maximum Gasteiger partial charge on any atom is 0.310 e. The number of aromatic amines is 1. The van der Waals surface area contributed by atoms with Gasteiger partial charge in [0, 0.05) is 30.8 Å². The third kappa shape index (κ3) is 4.92. The summed E-state index contributed by atoms with van der Waals surface area (Å²) >= 11 is 0. The molecule has 0 radical (unpaired) electrons. The van der Waals surface area contributed by atoms with Crippen LogP contribution in [0.15, 0.2) is 47.4 Å². The molecule has 3 aromatic rings. The van der Waals surface area contributed by atoms with Gasteiger partial charge in [-0.1, -0.05) is 18.2 Å². The second kappa shape index (κ2) is 9.38. The molecule has 9 nitrogen and oxygen atoms in total. The van der Waals surface area contributed by atoms with Gasteiger partial charge in [0.05, 0.1) is 16.0 Å². The largest absolute Gasteiger partial charge is 0.481 e. The number of rotatable bonds is 7. The van der Waals surface area contributed by atoms with Crippen LogP contribution in [0.1, 0.15) is 36.7 Å². The Morgan fingerprint density at radius 2 is 2.00 bits per heavy atom. The smallest absolute Gasteiger partial charge is 0.310 e. The number of sulfonamides is 1. The Morgan fingerprint density at radius 3 is 2.63 bits per heavy atom. The number of H-pyrrole nitrogens is 1. The summed E-state index contributed by atoms with van der Waals surface area (Å²) in [7, 11) is -3.81. The summed E-state index contributed by atoms with van der Waals surface area (Å²) in [6, 6.07) is 10.6. The summed E-state index contributed by atoms with van der Waals surface area (Å²) < 4.78 is 42.7. The Bertz CT molecular complexity index is 1360. The molecule has 1 aliphatic heterocycles. The van der Waals surface area contributed by atoms with Crippen LogP contribution in [0.5, 0.6) is 0 Å². The van der Waals surface area contributed by atoms with Gasteiger partial charge < -0.3 is 10.4 Å². The lowest BCUT2D eigenvalue weighted by atomic mass is 9.73. The lowest BCUT2D eigenvalue weighted by Gasteiger charge is -2.42. The number of halogens is 1. The number of carboxylic acid groups (broad SMARTS) is 1. The standard InChI is InChI=1S/C24H28FN5O4S/c1-15-6-4-5-7-20(15)35(33,34)30-11-10-24(23(31)32,13-17(30)3)14-19-18(25)8-9-21(26-19)27-22-12-16(2)28-29-22/h4-9,12,17H,10-11,13-14H2,1-3H3,(H,31,32)(H2,26,27,28,29)/t17-,24-/m1/s1. The van der Waals surface area contributed by atoms with Gasteiger partial charge in [0.25, 0.3) is 0 Å². The molecule has 0 unspecified atom stereocenters. The molecule has 1 aliphatic rings. The molecule has 1 aromatic carbocycles. The zero-order chi connectivity index (χ0) is 25.4. The first-order valence-corrected chi connectivity index (χ1v) is 12.7. The zero-order valence-corrected chi connectivity index (χ0v) is 20.6. The van der Waals surface area contributed by atoms with Crippen LogP contribution in [0, 0.1) is 25.1 Å². The molecule has 1 fully saturated rings. The first-order chi connectivity index (χ1) is 16.5. The fourth-order valence-electron chi connectivity index (χ4n) is 4.69. The number of aryl methyl sites for hydroxylation is 2. The molecule has 2 aromatic heterocycles. The molecule has 35 heavy (non-hydrogen) atoms. The van der Waals surface area contributed by atoms with Crippen LogP contribution in [0.2, 0.25) is 0 Å². The molecule has 0 saturated carbocycles. The Labute approximate surface area is 203 Å². The third-order valence-corrected chi connectivity index (χ3v) is 8.68. The molecule has 0 aliphatic carbocycles. The number of carbonyl (C=O) groups is 1. The van der Waals surface area contributed by atoms with Gasteiger partial charge in [-0.15, -0.1) is 0 Å². The SMILES string of the molecule is Cc1cc(Nc2ccc(F)c(C[C@@]3(C(=O)O)CCN(S(=O)(=O)c4ccccc4C)[C@H](C)C3)n2)n[nH]1.